The molecule has 2 aromatic carbocycles. The summed E-state index contributed by atoms with van der Waals surface area (Å²) < 4.78 is 6.62. The average molecular weight is 522 g/mol. The molecule has 0 fully saturated rings. The summed E-state index contributed by atoms with van der Waals surface area (Å²) in [6, 6.07) is 12.2. The predicted molar refractivity (Wildman–Crippen MR) is 134 cm³/mol. The van der Waals surface area contributed by atoms with Crippen LogP contribution in [0.25, 0.3) is 5.69 Å². The van der Waals surface area contributed by atoms with E-state index in [0.717, 1.165) is 0 Å². The predicted octanol–water partition coefficient (Wildman–Crippen LogP) is 5.10. The van der Waals surface area contributed by atoms with Gasteiger partial charge in [-0.05, 0) is 50.1 Å². The molecule has 1 unspecified atom stereocenters. The van der Waals surface area contributed by atoms with Gasteiger partial charge < -0.3 is 15.4 Å². The van der Waals surface area contributed by atoms with Crippen molar-refractivity contribution in [2.75, 3.05) is 13.2 Å². The summed E-state index contributed by atoms with van der Waals surface area (Å²) in [5, 5.41) is 15.5. The zero-order valence-corrected chi connectivity index (χ0v) is 21.3. The fraction of sp³-hybridized carbons (Fsp3) is 0.304. The second kappa shape index (κ2) is 12.1. The lowest BCUT2D eigenvalue weighted by molar-refractivity contribution is -0.141. The molecule has 11 heteroatoms. The Hall–Kier alpha value is -2.75. The second-order valence-electron chi connectivity index (χ2n) is 7.34. The molecule has 1 atom stereocenters. The number of hydrogen-bond donors (Lipinski definition) is 2. The Kier molecular flexibility index (Phi) is 9.20. The summed E-state index contributed by atoms with van der Waals surface area (Å²) in [7, 11) is 0. The molecule has 2 amide bonds. The molecule has 3 aromatic rings. The van der Waals surface area contributed by atoms with Gasteiger partial charge in [-0.15, -0.1) is 10.2 Å². The number of thioether (sulfide) groups is 1. The van der Waals surface area contributed by atoms with Crippen molar-refractivity contribution in [3.05, 3.63) is 69.5 Å². The minimum Gasteiger partial charge on any atom is -0.465 e. The van der Waals surface area contributed by atoms with Gasteiger partial charge in [0.25, 0.3) is 0 Å². The number of urea groups is 1. The summed E-state index contributed by atoms with van der Waals surface area (Å²) in [5.74, 6) is 0.636. The van der Waals surface area contributed by atoms with E-state index in [2.05, 4.69) is 39.9 Å². The van der Waals surface area contributed by atoms with Crippen LogP contribution in [0.1, 0.15) is 36.8 Å². The molecule has 0 aliphatic rings. The van der Waals surface area contributed by atoms with Crippen molar-refractivity contribution in [3.63, 3.8) is 0 Å². The van der Waals surface area contributed by atoms with Gasteiger partial charge in [0.15, 0.2) is 11.0 Å². The molecule has 0 aliphatic carbocycles. The zero-order valence-electron chi connectivity index (χ0n) is 19.0. The van der Waals surface area contributed by atoms with Crippen molar-refractivity contribution in [1.82, 2.24) is 25.4 Å². The van der Waals surface area contributed by atoms with E-state index in [0.29, 0.717) is 32.5 Å². The molecule has 0 saturated heterocycles. The van der Waals surface area contributed by atoms with E-state index in [9.17, 15) is 9.59 Å². The smallest absolute Gasteiger partial charge is 0.325 e. The van der Waals surface area contributed by atoms with Crippen LogP contribution in [-0.4, -0.2) is 39.9 Å². The first kappa shape index (κ1) is 25.9. The molecule has 3 rings (SSSR count). The Bertz CT molecular complexity index is 1170. The Balaban J connectivity index is 1.85. The number of esters is 1. The Morgan fingerprint density at radius 1 is 1.18 bits per heavy atom. The fourth-order valence-electron chi connectivity index (χ4n) is 3.14. The normalized spacial score (nSPS) is 11.7. The lowest BCUT2D eigenvalue weighted by Crippen LogP contribution is -2.40. The van der Waals surface area contributed by atoms with E-state index in [1.54, 1.807) is 36.6 Å². The molecule has 0 bridgehead atoms. The maximum Gasteiger partial charge on any atom is 0.325 e. The van der Waals surface area contributed by atoms with Crippen molar-refractivity contribution >= 4 is 47.0 Å². The van der Waals surface area contributed by atoms with Gasteiger partial charge in [-0.25, -0.2) is 4.79 Å². The molecule has 180 valence electrons. The number of nitrogens with zero attached hydrogens (tertiary/aromatic N) is 3. The van der Waals surface area contributed by atoms with Crippen LogP contribution in [0, 0.1) is 6.92 Å². The second-order valence-corrected chi connectivity index (χ2v) is 9.13. The van der Waals surface area contributed by atoms with Crippen LogP contribution in [0.3, 0.4) is 0 Å². The van der Waals surface area contributed by atoms with Crippen LogP contribution in [-0.2, 0) is 15.3 Å². The van der Waals surface area contributed by atoms with Crippen molar-refractivity contribution < 1.29 is 14.3 Å². The van der Waals surface area contributed by atoms with Crippen molar-refractivity contribution in [2.24, 2.45) is 0 Å². The van der Waals surface area contributed by atoms with Gasteiger partial charge in [-0.3, -0.25) is 9.36 Å². The molecule has 2 N–H and O–H groups in total. The van der Waals surface area contributed by atoms with Crippen LogP contribution < -0.4 is 10.6 Å². The summed E-state index contributed by atoms with van der Waals surface area (Å²) >= 11 is 14.1. The van der Waals surface area contributed by atoms with Crippen molar-refractivity contribution in [3.8, 4) is 5.69 Å². The van der Waals surface area contributed by atoms with Gasteiger partial charge in [0.05, 0.1) is 23.4 Å². The average Bonchev–Trinajstić information content (AvgIpc) is 3.21. The minimum atomic E-state index is -0.547. The van der Waals surface area contributed by atoms with Crippen LogP contribution in [0.5, 0.6) is 0 Å². The number of rotatable bonds is 9. The summed E-state index contributed by atoms with van der Waals surface area (Å²) in [6.07, 6.45) is 0. The number of aryl methyl sites for hydroxylation is 1. The molecule has 34 heavy (non-hydrogen) atoms. The number of carbonyl (C=O) groups excluding carboxylic acids is 2. The van der Waals surface area contributed by atoms with Crippen LogP contribution >= 0.6 is 35.0 Å². The van der Waals surface area contributed by atoms with Crippen molar-refractivity contribution in [1.29, 1.82) is 0 Å². The highest BCUT2D eigenvalue weighted by Gasteiger charge is 2.23. The van der Waals surface area contributed by atoms with Gasteiger partial charge in [0, 0.05) is 10.8 Å². The maximum atomic E-state index is 12.3. The van der Waals surface area contributed by atoms with Gasteiger partial charge in [-0.2, -0.15) is 0 Å². The first-order chi connectivity index (χ1) is 16.3. The Morgan fingerprint density at radius 2 is 1.94 bits per heavy atom. The maximum absolute atomic E-state index is 12.3. The highest BCUT2D eigenvalue weighted by atomic mass is 35.5. The standard InChI is InChI=1S/C23H25Cl2N5O3S/c1-4-33-20(31)12-26-22(32)27-15(3)21-28-29-23(34-13-16-8-6-5-7-14(16)2)30(21)19-10-9-17(24)11-18(19)25/h5-11,15H,4,12-13H2,1-3H3,(H2,26,27,32). The van der Waals surface area contributed by atoms with E-state index < -0.39 is 18.0 Å². The summed E-state index contributed by atoms with van der Waals surface area (Å²) in [4.78, 5) is 23.8. The third-order valence-electron chi connectivity index (χ3n) is 4.86. The minimum absolute atomic E-state index is 0.236. The lowest BCUT2D eigenvalue weighted by atomic mass is 10.1. The first-order valence-electron chi connectivity index (χ1n) is 10.6. The number of nitrogens with one attached hydrogen (secondary N) is 2. The molecule has 0 aliphatic heterocycles. The summed E-state index contributed by atoms with van der Waals surface area (Å²) in [6.45, 7) is 5.53. The van der Waals surface area contributed by atoms with Crippen molar-refractivity contribution in [2.45, 2.75) is 37.7 Å². The van der Waals surface area contributed by atoms with E-state index in [1.807, 2.05) is 12.1 Å². The Labute approximate surface area is 212 Å². The lowest BCUT2D eigenvalue weighted by Gasteiger charge is -2.17. The first-order valence-corrected chi connectivity index (χ1v) is 12.3. The highest BCUT2D eigenvalue weighted by Crippen LogP contribution is 2.32. The number of halogens is 2. The number of carbonyl (C=O) groups is 2. The Morgan fingerprint density at radius 3 is 2.65 bits per heavy atom. The van der Waals surface area contributed by atoms with Crippen LogP contribution in [0.4, 0.5) is 4.79 Å². The van der Waals surface area contributed by atoms with Crippen LogP contribution in [0.15, 0.2) is 47.6 Å². The van der Waals surface area contributed by atoms with Gasteiger partial charge in [-0.1, -0.05) is 59.2 Å². The summed E-state index contributed by atoms with van der Waals surface area (Å²) in [5.41, 5.74) is 2.99. The van der Waals surface area contributed by atoms with Gasteiger partial charge in [0.2, 0.25) is 0 Å². The zero-order chi connectivity index (χ0) is 24.7. The molecular weight excluding hydrogens is 497 g/mol. The number of hydrogen-bond acceptors (Lipinski definition) is 6. The highest BCUT2D eigenvalue weighted by molar-refractivity contribution is 7.98. The van der Waals surface area contributed by atoms with E-state index in [-0.39, 0.29) is 13.2 Å². The van der Waals surface area contributed by atoms with Gasteiger partial charge in [0.1, 0.15) is 6.54 Å². The third-order valence-corrected chi connectivity index (χ3v) is 6.38. The third kappa shape index (κ3) is 6.65. The van der Waals surface area contributed by atoms with E-state index in [4.69, 9.17) is 27.9 Å². The molecular formula is C23H25Cl2N5O3S. The topological polar surface area (TPSA) is 98.1 Å². The largest absolute Gasteiger partial charge is 0.465 e. The molecule has 0 radical (unpaired) electrons. The fourth-order valence-corrected chi connectivity index (χ4v) is 4.66. The number of aromatic nitrogens is 3. The molecule has 0 saturated carbocycles. The molecule has 1 aromatic heterocycles. The molecule has 0 spiro atoms. The van der Waals surface area contributed by atoms with Crippen LogP contribution in [0.2, 0.25) is 10.0 Å². The molecule has 1 heterocycles. The van der Waals surface area contributed by atoms with E-state index >= 15 is 0 Å². The van der Waals surface area contributed by atoms with Gasteiger partial charge >= 0.3 is 12.0 Å². The molecule has 8 nitrogen and oxygen atoms in total. The monoisotopic (exact) mass is 521 g/mol. The number of amides is 2. The quantitative estimate of drug-likeness (QED) is 0.300. The van der Waals surface area contributed by atoms with E-state index in [1.165, 1.54) is 22.9 Å². The SMILES string of the molecule is CCOC(=O)CNC(=O)NC(C)c1nnc(SCc2ccccc2C)n1-c1ccc(Cl)cc1Cl. The number of benzene rings is 2. The number of ether oxygens (including phenoxy) is 1.